The molecule has 1 aromatic rings. The van der Waals surface area contributed by atoms with Gasteiger partial charge in [-0.2, -0.15) is 0 Å². The molecular weight excluding hydrogens is 290 g/mol. The van der Waals surface area contributed by atoms with E-state index in [1.165, 1.54) is 0 Å². The lowest BCUT2D eigenvalue weighted by molar-refractivity contribution is -0.134. The number of imidazole rings is 1. The summed E-state index contributed by atoms with van der Waals surface area (Å²) in [7, 11) is 0. The molecule has 0 radical (unpaired) electrons. The maximum absolute atomic E-state index is 12.5. The first-order valence-corrected chi connectivity index (χ1v) is 8.14. The molecule has 1 aromatic heterocycles. The molecule has 0 spiro atoms. The Morgan fingerprint density at radius 2 is 2.00 bits per heavy atom. The molecule has 1 atom stereocenters. The van der Waals surface area contributed by atoms with E-state index in [1.54, 1.807) is 11.1 Å². The van der Waals surface area contributed by atoms with Crippen LogP contribution >= 0.6 is 11.8 Å². The van der Waals surface area contributed by atoms with Gasteiger partial charge in [0.1, 0.15) is 6.04 Å². The van der Waals surface area contributed by atoms with Crippen molar-refractivity contribution in [2.75, 3.05) is 18.8 Å². The molecule has 0 bridgehead atoms. The van der Waals surface area contributed by atoms with Crippen molar-refractivity contribution in [1.82, 2.24) is 14.5 Å². The quantitative estimate of drug-likeness (QED) is 0.743. The largest absolute Gasteiger partial charge is 0.481 e. The highest BCUT2D eigenvalue weighted by Crippen LogP contribution is 2.24. The van der Waals surface area contributed by atoms with Crippen molar-refractivity contribution in [2.24, 2.45) is 0 Å². The van der Waals surface area contributed by atoms with Crippen LogP contribution in [0.1, 0.15) is 39.4 Å². The van der Waals surface area contributed by atoms with Gasteiger partial charge in [0, 0.05) is 25.0 Å². The molecule has 1 heterocycles. The van der Waals surface area contributed by atoms with Crippen LogP contribution in [0.4, 0.5) is 0 Å². The number of carboxylic acid groups (broad SMARTS) is 1. The number of likely N-dealkylation sites (N-methyl/N-ethyl adjacent to an activating group) is 1. The van der Waals surface area contributed by atoms with Gasteiger partial charge in [-0.25, -0.2) is 4.98 Å². The minimum atomic E-state index is -0.893. The molecule has 0 fully saturated rings. The molecular formula is C14H23N3O3S. The highest BCUT2D eigenvalue weighted by Gasteiger charge is 2.24. The molecule has 1 N–H and O–H groups in total. The third-order valence-corrected chi connectivity index (χ3v) is 4.30. The Morgan fingerprint density at radius 3 is 2.48 bits per heavy atom. The number of carboxylic acids is 1. The number of hydrogen-bond donors (Lipinski definition) is 1. The maximum Gasteiger partial charge on any atom is 0.313 e. The zero-order valence-corrected chi connectivity index (χ0v) is 13.8. The van der Waals surface area contributed by atoms with Crippen LogP contribution in [0.25, 0.3) is 0 Å². The van der Waals surface area contributed by atoms with Gasteiger partial charge in [0.05, 0.1) is 5.75 Å². The normalized spacial score (nSPS) is 12.2. The highest BCUT2D eigenvalue weighted by molar-refractivity contribution is 7.99. The SMILES string of the molecule is CCc1cnc(SCC(=O)O)n1C(C)C(=O)N(CC)CC. The van der Waals surface area contributed by atoms with E-state index in [0.717, 1.165) is 23.9 Å². The van der Waals surface area contributed by atoms with Crippen LogP contribution in [0, 0.1) is 0 Å². The topological polar surface area (TPSA) is 75.4 Å². The Labute approximate surface area is 129 Å². The van der Waals surface area contributed by atoms with Crippen molar-refractivity contribution < 1.29 is 14.7 Å². The zero-order valence-electron chi connectivity index (χ0n) is 13.0. The van der Waals surface area contributed by atoms with E-state index in [2.05, 4.69) is 4.98 Å². The molecule has 21 heavy (non-hydrogen) atoms. The second-order valence-electron chi connectivity index (χ2n) is 4.62. The first-order valence-electron chi connectivity index (χ1n) is 7.15. The lowest BCUT2D eigenvalue weighted by Gasteiger charge is -2.25. The third-order valence-electron chi connectivity index (χ3n) is 3.35. The number of nitrogens with zero attached hydrogens (tertiary/aromatic N) is 3. The summed E-state index contributed by atoms with van der Waals surface area (Å²) in [6.45, 7) is 9.05. The highest BCUT2D eigenvalue weighted by atomic mass is 32.2. The third kappa shape index (κ3) is 4.23. The average Bonchev–Trinajstić information content (AvgIpc) is 2.88. The Balaban J connectivity index is 3.05. The number of aromatic nitrogens is 2. The number of hydrogen-bond acceptors (Lipinski definition) is 4. The number of carbonyl (C=O) groups is 2. The van der Waals surface area contributed by atoms with Gasteiger partial charge in [-0.1, -0.05) is 18.7 Å². The molecule has 118 valence electrons. The van der Waals surface area contributed by atoms with Crippen molar-refractivity contribution in [2.45, 2.75) is 45.3 Å². The number of rotatable bonds is 8. The molecule has 0 aliphatic heterocycles. The van der Waals surface area contributed by atoms with Crippen molar-refractivity contribution in [1.29, 1.82) is 0 Å². The number of thioether (sulfide) groups is 1. The van der Waals surface area contributed by atoms with Crippen molar-refractivity contribution in [3.63, 3.8) is 0 Å². The summed E-state index contributed by atoms with van der Waals surface area (Å²) in [6, 6.07) is -0.376. The van der Waals surface area contributed by atoms with Gasteiger partial charge in [-0.15, -0.1) is 0 Å². The summed E-state index contributed by atoms with van der Waals surface area (Å²) in [5, 5.41) is 9.39. The fraction of sp³-hybridized carbons (Fsp3) is 0.643. The van der Waals surface area contributed by atoms with Gasteiger partial charge >= 0.3 is 5.97 Å². The minimum Gasteiger partial charge on any atom is -0.481 e. The molecule has 6 nitrogen and oxygen atoms in total. The van der Waals surface area contributed by atoms with Gasteiger partial charge in [0.15, 0.2) is 5.16 Å². The van der Waals surface area contributed by atoms with E-state index in [4.69, 9.17) is 5.11 Å². The van der Waals surface area contributed by atoms with E-state index in [-0.39, 0.29) is 17.7 Å². The fourth-order valence-electron chi connectivity index (χ4n) is 2.20. The van der Waals surface area contributed by atoms with Crippen molar-refractivity contribution in [3.05, 3.63) is 11.9 Å². The predicted octanol–water partition coefficient (Wildman–Crippen LogP) is 2.05. The summed E-state index contributed by atoms with van der Waals surface area (Å²) in [5.74, 6) is -0.924. The second-order valence-corrected chi connectivity index (χ2v) is 5.57. The van der Waals surface area contributed by atoms with Gasteiger partial charge in [0.25, 0.3) is 0 Å². The van der Waals surface area contributed by atoms with Gasteiger partial charge < -0.3 is 14.6 Å². The summed E-state index contributed by atoms with van der Waals surface area (Å²) in [4.78, 5) is 29.3. The van der Waals surface area contributed by atoms with Crippen LogP contribution in [0.5, 0.6) is 0 Å². The number of aliphatic carboxylic acids is 1. The Hall–Kier alpha value is -1.50. The second kappa shape index (κ2) is 8.07. The Morgan fingerprint density at radius 1 is 1.38 bits per heavy atom. The first-order chi connectivity index (χ1) is 9.96. The van der Waals surface area contributed by atoms with Crippen molar-refractivity contribution >= 4 is 23.6 Å². The molecule has 7 heteroatoms. The molecule has 0 saturated heterocycles. The van der Waals surface area contributed by atoms with E-state index < -0.39 is 5.97 Å². The number of carbonyl (C=O) groups excluding carboxylic acids is 1. The van der Waals surface area contributed by atoms with Crippen LogP contribution in [0.3, 0.4) is 0 Å². The van der Waals surface area contributed by atoms with Gasteiger partial charge in [-0.3, -0.25) is 9.59 Å². The summed E-state index contributed by atoms with van der Waals surface area (Å²) < 4.78 is 1.86. The van der Waals surface area contributed by atoms with Crippen LogP contribution in [0.15, 0.2) is 11.4 Å². The zero-order chi connectivity index (χ0) is 16.0. The van der Waals surface area contributed by atoms with Crippen LogP contribution in [-0.2, 0) is 16.0 Å². The Bertz CT molecular complexity index is 498. The van der Waals surface area contributed by atoms with Crippen LogP contribution in [0.2, 0.25) is 0 Å². The van der Waals surface area contributed by atoms with Crippen LogP contribution in [-0.4, -0.2) is 50.3 Å². The number of amides is 1. The van der Waals surface area contributed by atoms with E-state index >= 15 is 0 Å². The van der Waals surface area contributed by atoms with Crippen molar-refractivity contribution in [3.8, 4) is 0 Å². The first kappa shape index (κ1) is 17.6. The summed E-state index contributed by atoms with van der Waals surface area (Å²) in [6.07, 6.45) is 2.46. The molecule has 0 aliphatic carbocycles. The molecule has 0 aliphatic rings. The van der Waals surface area contributed by atoms with Gasteiger partial charge in [-0.05, 0) is 27.2 Å². The van der Waals surface area contributed by atoms with E-state index in [0.29, 0.717) is 18.2 Å². The molecule has 1 amide bonds. The molecule has 1 unspecified atom stereocenters. The van der Waals surface area contributed by atoms with Gasteiger partial charge in [0.2, 0.25) is 5.91 Å². The lowest BCUT2D eigenvalue weighted by Crippen LogP contribution is -2.36. The summed E-state index contributed by atoms with van der Waals surface area (Å²) >= 11 is 1.15. The molecule has 1 rings (SSSR count). The van der Waals surface area contributed by atoms with E-state index in [9.17, 15) is 9.59 Å². The lowest BCUT2D eigenvalue weighted by atomic mass is 10.2. The van der Waals surface area contributed by atoms with E-state index in [1.807, 2.05) is 32.3 Å². The minimum absolute atomic E-state index is 0.0323. The number of aryl methyl sites for hydroxylation is 1. The Kier molecular flexibility index (Phi) is 6.74. The predicted molar refractivity (Wildman–Crippen MR) is 82.6 cm³/mol. The standard InChI is InChI=1S/C14H23N3O3S/c1-5-11-8-15-14(21-9-12(18)19)17(11)10(4)13(20)16(6-2)7-3/h8,10H,5-7,9H2,1-4H3,(H,18,19). The van der Waals surface area contributed by atoms with Crippen LogP contribution < -0.4 is 0 Å². The fourth-order valence-corrected chi connectivity index (χ4v) is 2.99. The molecule has 0 aromatic carbocycles. The maximum atomic E-state index is 12.5. The molecule has 0 saturated carbocycles. The smallest absolute Gasteiger partial charge is 0.313 e. The average molecular weight is 313 g/mol. The monoisotopic (exact) mass is 313 g/mol. The summed E-state index contributed by atoms with van der Waals surface area (Å²) in [5.41, 5.74) is 0.941.